The molecule has 0 amide bonds. The molecule has 0 aromatic carbocycles. The minimum atomic E-state index is -5.08. The van der Waals surface area contributed by atoms with Crippen LogP contribution in [0.4, 0.5) is 39.5 Å². The lowest BCUT2D eigenvalue weighted by Gasteiger charge is -2.38. The number of rotatable bonds is 5. The Morgan fingerprint density at radius 2 is 1.33 bits per heavy atom. The topological polar surface area (TPSA) is 159 Å². The van der Waals surface area contributed by atoms with E-state index in [9.17, 15) is 39.5 Å². The molecular formula is C25H26F9N3O8. The molecule has 2 fully saturated rings. The fourth-order valence-electron chi connectivity index (χ4n) is 3.75. The van der Waals surface area contributed by atoms with Crippen molar-refractivity contribution in [3.63, 3.8) is 0 Å². The molecule has 45 heavy (non-hydrogen) atoms. The van der Waals surface area contributed by atoms with Crippen molar-refractivity contribution < 1.29 is 78.7 Å². The highest BCUT2D eigenvalue weighted by molar-refractivity contribution is 5.73. The number of aromatic nitrogens is 2. The summed E-state index contributed by atoms with van der Waals surface area (Å²) in [5.74, 6) is -8.27. The Balaban J connectivity index is 0.000000396. The molecule has 1 aliphatic heterocycles. The van der Waals surface area contributed by atoms with Gasteiger partial charge in [0.1, 0.15) is 0 Å². The predicted octanol–water partition coefficient (Wildman–Crippen LogP) is 4.33. The number of carboxylic acid groups (broad SMARTS) is 3. The average molecular weight is 667 g/mol. The Morgan fingerprint density at radius 1 is 0.822 bits per heavy atom. The van der Waals surface area contributed by atoms with Crippen molar-refractivity contribution in [3.05, 3.63) is 60.2 Å². The van der Waals surface area contributed by atoms with Crippen LogP contribution >= 0.6 is 0 Å². The van der Waals surface area contributed by atoms with E-state index in [1.165, 1.54) is 0 Å². The molecule has 1 saturated heterocycles. The predicted molar refractivity (Wildman–Crippen MR) is 131 cm³/mol. The van der Waals surface area contributed by atoms with Crippen molar-refractivity contribution in [2.75, 3.05) is 13.2 Å². The lowest BCUT2D eigenvalue weighted by molar-refractivity contribution is -0.193. The fraction of sp³-hybridized carbons (Fsp3) is 0.480. The number of nitrogens with zero attached hydrogens (tertiary/aromatic N) is 3. The number of hydrogen-bond donors (Lipinski definition) is 3. The second-order valence-corrected chi connectivity index (χ2v) is 8.89. The smallest absolute Gasteiger partial charge is 0.475 e. The third-order valence-electron chi connectivity index (χ3n) is 5.68. The Hall–Kier alpha value is -4.04. The summed E-state index contributed by atoms with van der Waals surface area (Å²) in [6.07, 6.45) is -7.25. The van der Waals surface area contributed by atoms with Gasteiger partial charge in [-0.15, -0.1) is 0 Å². The molecule has 0 unspecified atom stereocenters. The van der Waals surface area contributed by atoms with E-state index in [0.717, 1.165) is 43.8 Å². The normalized spacial score (nSPS) is 19.7. The number of alkyl halides is 9. The Labute approximate surface area is 248 Å². The van der Waals surface area contributed by atoms with Crippen LogP contribution in [0.3, 0.4) is 0 Å². The molecule has 2 aromatic heterocycles. The van der Waals surface area contributed by atoms with Crippen LogP contribution in [0.5, 0.6) is 0 Å². The second kappa shape index (κ2) is 17.4. The molecule has 0 spiro atoms. The molecule has 3 heterocycles. The summed E-state index contributed by atoms with van der Waals surface area (Å²) < 4.78 is 107. The van der Waals surface area contributed by atoms with E-state index in [1.54, 1.807) is 0 Å². The molecule has 1 aliphatic carbocycles. The molecule has 3 N–H and O–H groups in total. The van der Waals surface area contributed by atoms with Crippen molar-refractivity contribution in [2.45, 2.75) is 62.8 Å². The number of morpholine rings is 1. The summed E-state index contributed by atoms with van der Waals surface area (Å²) in [6.45, 7) is 3.25. The van der Waals surface area contributed by atoms with Crippen LogP contribution in [0.2, 0.25) is 0 Å². The minimum absolute atomic E-state index is 0.171. The number of carbonyl (C=O) groups is 3. The van der Waals surface area contributed by atoms with E-state index in [0.29, 0.717) is 12.6 Å². The summed E-state index contributed by atoms with van der Waals surface area (Å²) in [5.41, 5.74) is 2.29. The molecule has 3 atom stereocenters. The van der Waals surface area contributed by atoms with Crippen LogP contribution in [0.15, 0.2) is 48.9 Å². The van der Waals surface area contributed by atoms with Crippen LogP contribution in [0, 0.1) is 0 Å². The quantitative estimate of drug-likeness (QED) is 0.390. The molecule has 20 heteroatoms. The number of carboxylic acids is 3. The average Bonchev–Trinajstić information content (AvgIpc) is 3.37. The van der Waals surface area contributed by atoms with Gasteiger partial charge in [-0.1, -0.05) is 6.07 Å². The van der Waals surface area contributed by atoms with Gasteiger partial charge in [0, 0.05) is 37.7 Å². The van der Waals surface area contributed by atoms with Gasteiger partial charge in [-0.3, -0.25) is 14.9 Å². The van der Waals surface area contributed by atoms with Crippen molar-refractivity contribution in [1.82, 2.24) is 14.9 Å². The first kappa shape index (κ1) is 39.0. The highest BCUT2D eigenvalue weighted by Crippen LogP contribution is 2.33. The zero-order valence-corrected chi connectivity index (χ0v) is 22.7. The minimum Gasteiger partial charge on any atom is -0.475 e. The van der Waals surface area contributed by atoms with Gasteiger partial charge in [0.15, 0.2) is 0 Å². The Bertz CT molecular complexity index is 1140. The zero-order chi connectivity index (χ0) is 34.4. The lowest BCUT2D eigenvalue weighted by Crippen LogP contribution is -2.51. The molecule has 252 valence electrons. The standard InChI is InChI=1S/C19H23N3O2.3C2HF3O2/c1-2-8-21-16(3-1)13-22-11-12-23-19-17(22)4-5-18(19)24-14-15-6-9-20-10-7-15;3*3-2(4,5)1(6)7/h1-3,6-10,17-19H,4-5,11-14H2;3*(H,6,7)/t17-,18-,19-;;;/m0.../s1. The SMILES string of the molecule is O=C(O)C(F)(F)F.O=C(O)C(F)(F)F.O=C(O)C(F)(F)F.c1ccc(CN2CCO[C@@H]3[C@@H](OCc4ccncc4)CC[C@@H]32)nc1. The van der Waals surface area contributed by atoms with Gasteiger partial charge >= 0.3 is 36.4 Å². The molecule has 2 aliphatic rings. The van der Waals surface area contributed by atoms with E-state index in [-0.39, 0.29) is 12.2 Å². The molecular weight excluding hydrogens is 641 g/mol. The number of halogens is 9. The van der Waals surface area contributed by atoms with E-state index < -0.39 is 36.4 Å². The third kappa shape index (κ3) is 15.0. The summed E-state index contributed by atoms with van der Waals surface area (Å²) in [4.78, 5) is 37.7. The van der Waals surface area contributed by atoms with E-state index in [4.69, 9.17) is 39.2 Å². The number of pyridine rings is 2. The second-order valence-electron chi connectivity index (χ2n) is 8.89. The van der Waals surface area contributed by atoms with Crippen LogP contribution in [0.25, 0.3) is 0 Å². The van der Waals surface area contributed by atoms with E-state index in [1.807, 2.05) is 36.8 Å². The maximum atomic E-state index is 10.6. The third-order valence-corrected chi connectivity index (χ3v) is 5.68. The highest BCUT2D eigenvalue weighted by atomic mass is 19.4. The van der Waals surface area contributed by atoms with Crippen LogP contribution in [-0.4, -0.2) is 98.0 Å². The number of aliphatic carboxylic acids is 3. The number of hydrogen-bond acceptors (Lipinski definition) is 8. The first-order chi connectivity index (χ1) is 20.7. The maximum Gasteiger partial charge on any atom is 0.490 e. The summed E-state index contributed by atoms with van der Waals surface area (Å²) in [6, 6.07) is 10.5. The van der Waals surface area contributed by atoms with Crippen LogP contribution in [0.1, 0.15) is 24.1 Å². The molecule has 2 aromatic rings. The number of ether oxygens (including phenoxy) is 2. The summed E-state index contributed by atoms with van der Waals surface area (Å²) >= 11 is 0. The lowest BCUT2D eigenvalue weighted by atomic mass is 10.1. The van der Waals surface area contributed by atoms with Crippen LogP contribution in [-0.2, 0) is 37.0 Å². The van der Waals surface area contributed by atoms with Gasteiger partial charge in [-0.2, -0.15) is 39.5 Å². The van der Waals surface area contributed by atoms with Crippen molar-refractivity contribution in [1.29, 1.82) is 0 Å². The maximum absolute atomic E-state index is 10.6. The summed E-state index contributed by atoms with van der Waals surface area (Å²) in [5, 5.41) is 21.4. The van der Waals surface area contributed by atoms with Crippen LogP contribution < -0.4 is 0 Å². The van der Waals surface area contributed by atoms with Crippen molar-refractivity contribution >= 4 is 17.9 Å². The van der Waals surface area contributed by atoms with Gasteiger partial charge in [0.05, 0.1) is 31.1 Å². The first-order valence-corrected chi connectivity index (χ1v) is 12.4. The van der Waals surface area contributed by atoms with Gasteiger partial charge < -0.3 is 24.8 Å². The Kier molecular flexibility index (Phi) is 15.1. The monoisotopic (exact) mass is 667 g/mol. The van der Waals surface area contributed by atoms with Crippen molar-refractivity contribution in [3.8, 4) is 0 Å². The summed E-state index contributed by atoms with van der Waals surface area (Å²) in [7, 11) is 0. The fourth-order valence-corrected chi connectivity index (χ4v) is 3.75. The van der Waals surface area contributed by atoms with E-state index >= 15 is 0 Å². The first-order valence-electron chi connectivity index (χ1n) is 12.4. The molecule has 0 radical (unpaired) electrons. The molecule has 0 bridgehead atoms. The van der Waals surface area contributed by atoms with Gasteiger partial charge in [0.2, 0.25) is 0 Å². The highest BCUT2D eigenvalue weighted by Gasteiger charge is 2.43. The molecule has 4 rings (SSSR count). The zero-order valence-electron chi connectivity index (χ0n) is 22.7. The molecule has 1 saturated carbocycles. The Morgan fingerprint density at radius 3 is 1.78 bits per heavy atom. The largest absolute Gasteiger partial charge is 0.490 e. The van der Waals surface area contributed by atoms with E-state index in [2.05, 4.69) is 27.0 Å². The van der Waals surface area contributed by atoms with Gasteiger partial charge in [-0.25, -0.2) is 14.4 Å². The van der Waals surface area contributed by atoms with Gasteiger partial charge in [0.25, 0.3) is 0 Å². The number of fused-ring (bicyclic) bond motifs is 1. The molecule has 11 nitrogen and oxygen atoms in total. The van der Waals surface area contributed by atoms with Crippen molar-refractivity contribution in [2.24, 2.45) is 0 Å². The van der Waals surface area contributed by atoms with Gasteiger partial charge in [-0.05, 0) is 42.7 Å².